The van der Waals surface area contributed by atoms with E-state index in [0.717, 1.165) is 12.1 Å². The summed E-state index contributed by atoms with van der Waals surface area (Å²) in [5, 5.41) is 0. The van der Waals surface area contributed by atoms with Crippen LogP contribution >= 0.6 is 0 Å². The van der Waals surface area contributed by atoms with E-state index in [9.17, 15) is 4.79 Å². The van der Waals surface area contributed by atoms with Crippen molar-refractivity contribution in [2.45, 2.75) is 32.9 Å². The van der Waals surface area contributed by atoms with E-state index in [-0.39, 0.29) is 11.7 Å². The molecule has 0 saturated carbocycles. The Bertz CT molecular complexity index is 563. The molecule has 2 N–H and O–H groups in total. The first-order valence-electron chi connectivity index (χ1n) is 6.19. The summed E-state index contributed by atoms with van der Waals surface area (Å²) in [5.74, 6) is 0. The third-order valence-electron chi connectivity index (χ3n) is 3.05. The van der Waals surface area contributed by atoms with E-state index < -0.39 is 0 Å². The average molecular weight is 245 g/mol. The SMILES string of the molecule is CC(C)n1ccn(CCc2ccc(N)cc2)c1=O. The standard InChI is InChI=1S/C14H19N3O/c1-11(2)17-10-9-16(14(17)18)8-7-12-3-5-13(15)6-4-12/h3-6,9-11H,7-8,15H2,1-2H3. The highest BCUT2D eigenvalue weighted by atomic mass is 16.1. The van der Waals surface area contributed by atoms with Crippen LogP contribution in [0, 0.1) is 0 Å². The molecule has 1 aromatic carbocycles. The Balaban J connectivity index is 2.07. The number of aryl methyl sites for hydroxylation is 2. The van der Waals surface area contributed by atoms with Crippen LogP contribution in [0.25, 0.3) is 0 Å². The number of nitrogen functional groups attached to an aromatic ring is 1. The summed E-state index contributed by atoms with van der Waals surface area (Å²) in [6.45, 7) is 4.71. The first-order valence-corrected chi connectivity index (χ1v) is 6.19. The Kier molecular flexibility index (Phi) is 3.55. The second-order valence-electron chi connectivity index (χ2n) is 4.77. The van der Waals surface area contributed by atoms with Gasteiger partial charge in [-0.25, -0.2) is 4.79 Å². The van der Waals surface area contributed by atoms with Crippen LogP contribution in [0.15, 0.2) is 41.5 Å². The Morgan fingerprint density at radius 3 is 2.39 bits per heavy atom. The Morgan fingerprint density at radius 1 is 1.17 bits per heavy atom. The first-order chi connectivity index (χ1) is 8.58. The van der Waals surface area contributed by atoms with E-state index in [1.807, 2.05) is 50.5 Å². The van der Waals surface area contributed by atoms with Gasteiger partial charge in [-0.15, -0.1) is 0 Å². The van der Waals surface area contributed by atoms with E-state index in [4.69, 9.17) is 5.73 Å². The molecular formula is C14H19N3O. The van der Waals surface area contributed by atoms with Gasteiger partial charge in [-0.1, -0.05) is 12.1 Å². The van der Waals surface area contributed by atoms with Crippen LogP contribution in [-0.4, -0.2) is 9.13 Å². The van der Waals surface area contributed by atoms with Gasteiger partial charge in [0.1, 0.15) is 0 Å². The van der Waals surface area contributed by atoms with Gasteiger partial charge in [0.15, 0.2) is 0 Å². The van der Waals surface area contributed by atoms with E-state index >= 15 is 0 Å². The van der Waals surface area contributed by atoms with Crippen molar-refractivity contribution in [3.8, 4) is 0 Å². The molecule has 0 aliphatic heterocycles. The summed E-state index contributed by atoms with van der Waals surface area (Å²) in [5.41, 5.74) is 7.65. The summed E-state index contributed by atoms with van der Waals surface area (Å²) in [6, 6.07) is 7.98. The summed E-state index contributed by atoms with van der Waals surface area (Å²) < 4.78 is 3.49. The van der Waals surface area contributed by atoms with Crippen LogP contribution in [0.5, 0.6) is 0 Å². The minimum Gasteiger partial charge on any atom is -0.399 e. The van der Waals surface area contributed by atoms with Crippen LogP contribution in [0.4, 0.5) is 5.69 Å². The molecular weight excluding hydrogens is 226 g/mol. The Morgan fingerprint density at radius 2 is 1.83 bits per heavy atom. The van der Waals surface area contributed by atoms with Crippen LogP contribution in [0.2, 0.25) is 0 Å². The van der Waals surface area contributed by atoms with Gasteiger partial charge in [0.2, 0.25) is 0 Å². The molecule has 0 atom stereocenters. The van der Waals surface area contributed by atoms with Crippen molar-refractivity contribution in [3.63, 3.8) is 0 Å². The van der Waals surface area contributed by atoms with E-state index in [2.05, 4.69) is 0 Å². The van der Waals surface area contributed by atoms with Gasteiger partial charge in [0, 0.05) is 30.7 Å². The minimum atomic E-state index is 0.0560. The predicted octanol–water partition coefficient (Wildman–Crippen LogP) is 2.06. The van der Waals surface area contributed by atoms with Crippen molar-refractivity contribution < 1.29 is 0 Å². The second kappa shape index (κ2) is 5.12. The van der Waals surface area contributed by atoms with Gasteiger partial charge >= 0.3 is 5.69 Å². The number of nitrogens with zero attached hydrogens (tertiary/aromatic N) is 2. The lowest BCUT2D eigenvalue weighted by molar-refractivity contribution is 0.550. The molecule has 0 aliphatic rings. The summed E-state index contributed by atoms with van der Waals surface area (Å²) in [6.07, 6.45) is 4.53. The van der Waals surface area contributed by atoms with Gasteiger partial charge in [-0.2, -0.15) is 0 Å². The molecule has 4 heteroatoms. The molecule has 2 aromatic rings. The quantitative estimate of drug-likeness (QED) is 0.838. The first kappa shape index (κ1) is 12.5. The molecule has 4 nitrogen and oxygen atoms in total. The monoisotopic (exact) mass is 245 g/mol. The molecule has 0 amide bonds. The predicted molar refractivity (Wildman–Crippen MR) is 73.6 cm³/mol. The highest BCUT2D eigenvalue weighted by Gasteiger charge is 2.05. The molecule has 1 heterocycles. The molecule has 0 aliphatic carbocycles. The lowest BCUT2D eigenvalue weighted by Crippen LogP contribution is -2.25. The fourth-order valence-electron chi connectivity index (χ4n) is 1.93. The van der Waals surface area contributed by atoms with Crippen molar-refractivity contribution in [1.29, 1.82) is 0 Å². The number of imidazole rings is 1. The van der Waals surface area contributed by atoms with E-state index in [1.54, 1.807) is 9.13 Å². The fourth-order valence-corrected chi connectivity index (χ4v) is 1.93. The molecule has 0 spiro atoms. The highest BCUT2D eigenvalue weighted by Crippen LogP contribution is 2.07. The van der Waals surface area contributed by atoms with Crippen molar-refractivity contribution in [2.75, 3.05) is 5.73 Å². The van der Waals surface area contributed by atoms with Gasteiger partial charge in [-0.05, 0) is 38.0 Å². The lowest BCUT2D eigenvalue weighted by atomic mass is 10.1. The fraction of sp³-hybridized carbons (Fsp3) is 0.357. The third-order valence-corrected chi connectivity index (χ3v) is 3.05. The van der Waals surface area contributed by atoms with Crippen molar-refractivity contribution in [3.05, 3.63) is 52.7 Å². The van der Waals surface area contributed by atoms with Crippen molar-refractivity contribution >= 4 is 5.69 Å². The Hall–Kier alpha value is -1.97. The zero-order valence-corrected chi connectivity index (χ0v) is 10.8. The zero-order valence-electron chi connectivity index (χ0n) is 10.8. The van der Waals surface area contributed by atoms with Gasteiger partial charge in [0.25, 0.3) is 0 Å². The highest BCUT2D eigenvalue weighted by molar-refractivity contribution is 5.39. The number of benzene rings is 1. The molecule has 18 heavy (non-hydrogen) atoms. The smallest absolute Gasteiger partial charge is 0.328 e. The number of anilines is 1. The summed E-state index contributed by atoms with van der Waals surface area (Å²) in [7, 11) is 0. The van der Waals surface area contributed by atoms with E-state index in [1.165, 1.54) is 5.56 Å². The molecule has 0 saturated heterocycles. The van der Waals surface area contributed by atoms with Crippen LogP contribution in [0.3, 0.4) is 0 Å². The van der Waals surface area contributed by atoms with E-state index in [0.29, 0.717) is 6.54 Å². The number of nitrogens with two attached hydrogens (primary N) is 1. The van der Waals surface area contributed by atoms with Gasteiger partial charge in [-0.3, -0.25) is 9.13 Å². The number of hydrogen-bond acceptors (Lipinski definition) is 2. The summed E-state index contributed by atoms with van der Waals surface area (Å²) >= 11 is 0. The van der Waals surface area contributed by atoms with Crippen LogP contribution in [0.1, 0.15) is 25.5 Å². The maximum atomic E-state index is 12.0. The minimum absolute atomic E-state index is 0.0560. The maximum absolute atomic E-state index is 12.0. The lowest BCUT2D eigenvalue weighted by Gasteiger charge is -2.05. The molecule has 0 bridgehead atoms. The molecule has 0 unspecified atom stereocenters. The third kappa shape index (κ3) is 2.64. The van der Waals surface area contributed by atoms with Crippen molar-refractivity contribution in [2.24, 2.45) is 0 Å². The number of rotatable bonds is 4. The zero-order chi connectivity index (χ0) is 13.1. The average Bonchev–Trinajstić information content (AvgIpc) is 2.70. The second-order valence-corrected chi connectivity index (χ2v) is 4.77. The van der Waals surface area contributed by atoms with Crippen LogP contribution in [-0.2, 0) is 13.0 Å². The molecule has 0 radical (unpaired) electrons. The van der Waals surface area contributed by atoms with Crippen molar-refractivity contribution in [1.82, 2.24) is 9.13 Å². The summed E-state index contributed by atoms with van der Waals surface area (Å²) in [4.78, 5) is 12.0. The molecule has 1 aromatic heterocycles. The Labute approximate surface area is 107 Å². The normalized spacial score (nSPS) is 11.1. The van der Waals surface area contributed by atoms with Gasteiger partial charge < -0.3 is 5.73 Å². The topological polar surface area (TPSA) is 52.9 Å². The largest absolute Gasteiger partial charge is 0.399 e. The van der Waals surface area contributed by atoms with Gasteiger partial charge in [0.05, 0.1) is 0 Å². The van der Waals surface area contributed by atoms with Crippen LogP contribution < -0.4 is 11.4 Å². The maximum Gasteiger partial charge on any atom is 0.328 e. The number of hydrogen-bond donors (Lipinski definition) is 1. The molecule has 0 fully saturated rings. The number of aromatic nitrogens is 2. The molecule has 96 valence electrons. The molecule has 2 rings (SSSR count).